The van der Waals surface area contributed by atoms with Gasteiger partial charge in [-0.1, -0.05) is 59.7 Å². The Hall–Kier alpha value is -0.860. The summed E-state index contributed by atoms with van der Waals surface area (Å²) in [7, 11) is 0. The van der Waals surface area contributed by atoms with E-state index >= 15 is 0 Å². The highest BCUT2D eigenvalue weighted by molar-refractivity contribution is 5.44. The van der Waals surface area contributed by atoms with Crippen LogP contribution >= 0.6 is 0 Å². The van der Waals surface area contributed by atoms with E-state index in [0.29, 0.717) is 5.56 Å². The molecule has 17 heavy (non-hydrogen) atoms. The minimum atomic E-state index is -1.41. The van der Waals surface area contributed by atoms with Gasteiger partial charge in [-0.05, 0) is 22.0 Å². The van der Waals surface area contributed by atoms with E-state index in [4.69, 9.17) is 0 Å². The molecule has 0 unspecified atom stereocenters. The summed E-state index contributed by atoms with van der Waals surface area (Å²) >= 11 is 0. The number of benzene rings is 1. The smallest absolute Gasteiger partial charge is 0.178 e. The van der Waals surface area contributed by atoms with E-state index in [1.54, 1.807) is 6.07 Å². The van der Waals surface area contributed by atoms with E-state index in [9.17, 15) is 10.2 Å². The standard InChI is InChI=1S/C15H24O2/c1-14(2,3)11-9-7-8-10(13(16)17)12(11)15(4,5)6/h7-9,13,16-17H,1-6H3. The van der Waals surface area contributed by atoms with Gasteiger partial charge in [0.25, 0.3) is 0 Å². The Kier molecular flexibility index (Phi) is 3.70. The molecule has 0 atom stereocenters. The first-order valence-electron chi connectivity index (χ1n) is 6.05. The Bertz CT molecular complexity index is 392. The highest BCUT2D eigenvalue weighted by atomic mass is 16.5. The van der Waals surface area contributed by atoms with Crippen molar-refractivity contribution >= 4 is 0 Å². The maximum absolute atomic E-state index is 9.51. The molecular formula is C15H24O2. The van der Waals surface area contributed by atoms with Crippen molar-refractivity contribution in [2.75, 3.05) is 0 Å². The maximum Gasteiger partial charge on any atom is 0.178 e. The molecule has 0 radical (unpaired) electrons. The summed E-state index contributed by atoms with van der Waals surface area (Å²) in [6.07, 6.45) is -1.41. The lowest BCUT2D eigenvalue weighted by Gasteiger charge is -2.32. The quantitative estimate of drug-likeness (QED) is 0.735. The summed E-state index contributed by atoms with van der Waals surface area (Å²) in [6, 6.07) is 5.76. The van der Waals surface area contributed by atoms with Crippen LogP contribution in [0.5, 0.6) is 0 Å². The molecule has 0 bridgehead atoms. The summed E-state index contributed by atoms with van der Waals surface area (Å²) in [5, 5.41) is 19.0. The number of aliphatic hydroxyl groups is 2. The fourth-order valence-electron chi connectivity index (χ4n) is 2.25. The van der Waals surface area contributed by atoms with Crippen molar-refractivity contribution in [1.82, 2.24) is 0 Å². The van der Waals surface area contributed by atoms with Crippen molar-refractivity contribution in [2.24, 2.45) is 0 Å². The summed E-state index contributed by atoms with van der Waals surface area (Å²) < 4.78 is 0. The van der Waals surface area contributed by atoms with E-state index in [1.807, 2.05) is 6.07 Å². The van der Waals surface area contributed by atoms with Gasteiger partial charge in [-0.15, -0.1) is 0 Å². The van der Waals surface area contributed by atoms with Gasteiger partial charge < -0.3 is 10.2 Å². The van der Waals surface area contributed by atoms with Gasteiger partial charge in [0, 0.05) is 5.56 Å². The van der Waals surface area contributed by atoms with Gasteiger partial charge in [0.1, 0.15) is 0 Å². The third kappa shape index (κ3) is 3.08. The lowest BCUT2D eigenvalue weighted by Crippen LogP contribution is -2.24. The summed E-state index contributed by atoms with van der Waals surface area (Å²) in [4.78, 5) is 0. The lowest BCUT2D eigenvalue weighted by atomic mass is 9.73. The van der Waals surface area contributed by atoms with Gasteiger partial charge >= 0.3 is 0 Å². The molecule has 0 fully saturated rings. The zero-order valence-electron chi connectivity index (χ0n) is 11.7. The highest BCUT2D eigenvalue weighted by Gasteiger charge is 2.28. The Morgan fingerprint density at radius 3 is 1.76 bits per heavy atom. The van der Waals surface area contributed by atoms with Crippen LogP contribution in [0.4, 0.5) is 0 Å². The summed E-state index contributed by atoms with van der Waals surface area (Å²) in [5.74, 6) is 0. The topological polar surface area (TPSA) is 40.5 Å². The van der Waals surface area contributed by atoms with Gasteiger partial charge in [-0.25, -0.2) is 0 Å². The summed E-state index contributed by atoms with van der Waals surface area (Å²) in [5.41, 5.74) is 2.72. The van der Waals surface area contributed by atoms with Crippen LogP contribution in [0, 0.1) is 0 Å². The van der Waals surface area contributed by atoms with Crippen molar-refractivity contribution in [3.8, 4) is 0 Å². The molecule has 0 spiro atoms. The van der Waals surface area contributed by atoms with Gasteiger partial charge in [-0.2, -0.15) is 0 Å². The number of hydrogen-bond donors (Lipinski definition) is 2. The van der Waals surface area contributed by atoms with Crippen molar-refractivity contribution in [3.05, 3.63) is 34.9 Å². The minimum Gasteiger partial charge on any atom is -0.364 e. The predicted molar refractivity (Wildman–Crippen MR) is 71.0 cm³/mol. The number of aliphatic hydroxyl groups excluding tert-OH is 1. The van der Waals surface area contributed by atoms with Gasteiger partial charge in [0.05, 0.1) is 0 Å². The van der Waals surface area contributed by atoms with Crippen LogP contribution in [0.2, 0.25) is 0 Å². The third-order valence-electron chi connectivity index (χ3n) is 2.93. The second kappa shape index (κ2) is 4.43. The Balaban J connectivity index is 3.58. The molecular weight excluding hydrogens is 212 g/mol. The van der Waals surface area contributed by atoms with Crippen LogP contribution in [-0.4, -0.2) is 10.2 Å². The molecule has 0 aliphatic carbocycles. The van der Waals surface area contributed by atoms with Crippen LogP contribution in [0.25, 0.3) is 0 Å². The van der Waals surface area contributed by atoms with Crippen molar-refractivity contribution in [1.29, 1.82) is 0 Å². The maximum atomic E-state index is 9.51. The van der Waals surface area contributed by atoms with Gasteiger partial charge in [0.15, 0.2) is 6.29 Å². The molecule has 2 heteroatoms. The number of rotatable bonds is 1. The normalized spacial score (nSPS) is 13.2. The van der Waals surface area contributed by atoms with E-state index in [1.165, 1.54) is 5.56 Å². The highest BCUT2D eigenvalue weighted by Crippen LogP contribution is 2.37. The van der Waals surface area contributed by atoms with Crippen LogP contribution in [-0.2, 0) is 10.8 Å². The lowest BCUT2D eigenvalue weighted by molar-refractivity contribution is -0.0437. The molecule has 1 rings (SSSR count). The zero-order chi connectivity index (χ0) is 13.4. The van der Waals surface area contributed by atoms with Gasteiger partial charge in [-0.3, -0.25) is 0 Å². The van der Waals surface area contributed by atoms with E-state index in [2.05, 4.69) is 47.6 Å². The van der Waals surface area contributed by atoms with Crippen LogP contribution in [0.15, 0.2) is 18.2 Å². The molecule has 1 aromatic carbocycles. The molecule has 0 aliphatic rings. The monoisotopic (exact) mass is 236 g/mol. The van der Waals surface area contributed by atoms with Crippen LogP contribution in [0.3, 0.4) is 0 Å². The Labute approximate surface area is 104 Å². The second-order valence-electron chi connectivity index (χ2n) is 6.64. The molecule has 96 valence electrons. The molecule has 0 saturated carbocycles. The van der Waals surface area contributed by atoms with Crippen molar-refractivity contribution < 1.29 is 10.2 Å². The summed E-state index contributed by atoms with van der Waals surface area (Å²) in [6.45, 7) is 12.7. The molecule has 0 heterocycles. The van der Waals surface area contributed by atoms with E-state index in [0.717, 1.165) is 5.56 Å². The minimum absolute atomic E-state index is 0.00644. The molecule has 0 saturated heterocycles. The molecule has 2 nitrogen and oxygen atoms in total. The third-order valence-corrected chi connectivity index (χ3v) is 2.93. The first-order chi connectivity index (χ1) is 7.55. The fraction of sp³-hybridized carbons (Fsp3) is 0.600. The fourth-order valence-corrected chi connectivity index (χ4v) is 2.25. The van der Waals surface area contributed by atoms with Crippen LogP contribution < -0.4 is 0 Å². The molecule has 2 N–H and O–H groups in total. The second-order valence-corrected chi connectivity index (χ2v) is 6.64. The first-order valence-corrected chi connectivity index (χ1v) is 6.05. The predicted octanol–water partition coefficient (Wildman–Crippen LogP) is 3.26. The SMILES string of the molecule is CC(C)(C)c1cccc(C(O)O)c1C(C)(C)C. The Morgan fingerprint density at radius 1 is 0.882 bits per heavy atom. The van der Waals surface area contributed by atoms with Crippen molar-refractivity contribution in [2.45, 2.75) is 58.7 Å². The van der Waals surface area contributed by atoms with Crippen molar-refractivity contribution in [3.63, 3.8) is 0 Å². The number of hydrogen-bond acceptors (Lipinski definition) is 2. The van der Waals surface area contributed by atoms with E-state index < -0.39 is 6.29 Å². The molecule has 1 aromatic rings. The molecule has 0 aromatic heterocycles. The largest absolute Gasteiger partial charge is 0.364 e. The van der Waals surface area contributed by atoms with Crippen LogP contribution in [0.1, 0.15) is 64.5 Å². The van der Waals surface area contributed by atoms with E-state index in [-0.39, 0.29) is 10.8 Å². The molecule has 0 amide bonds. The zero-order valence-corrected chi connectivity index (χ0v) is 11.7. The first kappa shape index (κ1) is 14.2. The molecule has 0 aliphatic heterocycles. The Morgan fingerprint density at radius 2 is 1.41 bits per heavy atom. The average molecular weight is 236 g/mol. The van der Waals surface area contributed by atoms with Gasteiger partial charge in [0.2, 0.25) is 0 Å². The average Bonchev–Trinajstić information content (AvgIpc) is 2.13.